The maximum absolute atomic E-state index is 9.70. The molecular weight excluding hydrogens is 230 g/mol. The van der Waals surface area contributed by atoms with Crippen LogP contribution < -0.4 is 10.5 Å². The zero-order valence-electron chi connectivity index (χ0n) is 11.3. The third-order valence-electron chi connectivity index (χ3n) is 2.31. The molecule has 0 radical (unpaired) electrons. The Balaban J connectivity index is 2.31. The Morgan fingerprint density at radius 2 is 1.78 bits per heavy atom. The summed E-state index contributed by atoms with van der Waals surface area (Å²) in [6, 6.07) is 7.51. The van der Waals surface area contributed by atoms with Crippen LogP contribution in [0.5, 0.6) is 5.75 Å². The standard InChI is InChI=1S/C14H23NO3/c1-14(2,3)18-10-12(16)9-17-13-6-4-11(8-15)5-7-13/h4-7,12,16H,8-10,15H2,1-3H3. The van der Waals surface area contributed by atoms with Gasteiger partial charge in [0.15, 0.2) is 0 Å². The van der Waals surface area contributed by atoms with Crippen molar-refractivity contribution in [2.75, 3.05) is 13.2 Å². The van der Waals surface area contributed by atoms with Gasteiger partial charge in [-0.3, -0.25) is 0 Å². The topological polar surface area (TPSA) is 64.7 Å². The quantitative estimate of drug-likeness (QED) is 0.810. The lowest BCUT2D eigenvalue weighted by molar-refractivity contribution is -0.0586. The van der Waals surface area contributed by atoms with Crippen molar-refractivity contribution in [2.45, 2.75) is 39.0 Å². The van der Waals surface area contributed by atoms with E-state index in [-0.39, 0.29) is 18.8 Å². The molecule has 0 fully saturated rings. The van der Waals surface area contributed by atoms with E-state index in [4.69, 9.17) is 15.2 Å². The average molecular weight is 253 g/mol. The number of aliphatic hydroxyl groups excluding tert-OH is 1. The predicted octanol–water partition coefficient (Wildman–Crippen LogP) is 1.70. The molecule has 18 heavy (non-hydrogen) atoms. The zero-order chi connectivity index (χ0) is 13.6. The fraction of sp³-hybridized carbons (Fsp3) is 0.571. The van der Waals surface area contributed by atoms with Crippen LogP contribution in [-0.4, -0.2) is 30.0 Å². The van der Waals surface area contributed by atoms with E-state index >= 15 is 0 Å². The van der Waals surface area contributed by atoms with Crippen LogP contribution in [0.2, 0.25) is 0 Å². The van der Waals surface area contributed by atoms with Gasteiger partial charge in [0.2, 0.25) is 0 Å². The highest BCUT2D eigenvalue weighted by molar-refractivity contribution is 5.27. The first-order valence-electron chi connectivity index (χ1n) is 6.14. The van der Waals surface area contributed by atoms with E-state index in [1.54, 1.807) is 0 Å². The number of ether oxygens (including phenoxy) is 2. The highest BCUT2D eigenvalue weighted by Crippen LogP contribution is 2.12. The minimum absolute atomic E-state index is 0.220. The third-order valence-corrected chi connectivity index (χ3v) is 2.31. The van der Waals surface area contributed by atoms with Crippen molar-refractivity contribution in [1.29, 1.82) is 0 Å². The molecule has 0 spiro atoms. The molecule has 1 atom stereocenters. The molecule has 0 bridgehead atoms. The molecule has 0 aliphatic rings. The molecule has 0 aromatic heterocycles. The second kappa shape index (κ2) is 6.73. The van der Waals surface area contributed by atoms with Crippen molar-refractivity contribution >= 4 is 0 Å². The number of hydrogen-bond acceptors (Lipinski definition) is 4. The second-order valence-corrected chi connectivity index (χ2v) is 5.24. The summed E-state index contributed by atoms with van der Waals surface area (Å²) in [6.07, 6.45) is -0.626. The monoisotopic (exact) mass is 253 g/mol. The smallest absolute Gasteiger partial charge is 0.119 e. The summed E-state index contributed by atoms with van der Waals surface area (Å²) in [6.45, 7) is 6.86. The van der Waals surface area contributed by atoms with Crippen molar-refractivity contribution < 1.29 is 14.6 Å². The molecule has 1 aromatic carbocycles. The third kappa shape index (κ3) is 6.00. The Kier molecular flexibility index (Phi) is 5.59. The minimum atomic E-state index is -0.626. The predicted molar refractivity (Wildman–Crippen MR) is 71.5 cm³/mol. The van der Waals surface area contributed by atoms with Crippen molar-refractivity contribution in [3.8, 4) is 5.75 Å². The van der Waals surface area contributed by atoms with Crippen LogP contribution in [0.25, 0.3) is 0 Å². The Hall–Kier alpha value is -1.10. The number of hydrogen-bond donors (Lipinski definition) is 2. The van der Waals surface area contributed by atoms with E-state index in [0.29, 0.717) is 6.54 Å². The molecule has 1 aromatic rings. The lowest BCUT2D eigenvalue weighted by atomic mass is 10.2. The van der Waals surface area contributed by atoms with Gasteiger partial charge in [-0.1, -0.05) is 12.1 Å². The molecule has 3 N–H and O–H groups in total. The number of aliphatic hydroxyl groups is 1. The first kappa shape index (κ1) is 15.0. The van der Waals surface area contributed by atoms with Crippen LogP contribution in [0, 0.1) is 0 Å². The van der Waals surface area contributed by atoms with E-state index in [1.807, 2.05) is 45.0 Å². The fourth-order valence-corrected chi connectivity index (χ4v) is 1.31. The van der Waals surface area contributed by atoms with E-state index in [1.165, 1.54) is 0 Å². The molecule has 0 saturated carbocycles. The van der Waals surface area contributed by atoms with Gasteiger partial charge in [-0.15, -0.1) is 0 Å². The summed E-state index contributed by atoms with van der Waals surface area (Å²) in [7, 11) is 0. The van der Waals surface area contributed by atoms with Gasteiger partial charge in [0.25, 0.3) is 0 Å². The van der Waals surface area contributed by atoms with Gasteiger partial charge in [0.05, 0.1) is 12.2 Å². The molecule has 0 aliphatic carbocycles. The number of benzene rings is 1. The Morgan fingerprint density at radius 1 is 1.17 bits per heavy atom. The maximum atomic E-state index is 9.70. The van der Waals surface area contributed by atoms with Gasteiger partial charge in [0.1, 0.15) is 18.5 Å². The van der Waals surface area contributed by atoms with Gasteiger partial charge in [0, 0.05) is 6.54 Å². The van der Waals surface area contributed by atoms with Crippen LogP contribution in [0.4, 0.5) is 0 Å². The number of rotatable bonds is 6. The summed E-state index contributed by atoms with van der Waals surface area (Å²) >= 11 is 0. The molecule has 0 saturated heterocycles. The lowest BCUT2D eigenvalue weighted by Gasteiger charge is -2.22. The van der Waals surface area contributed by atoms with Crippen molar-refractivity contribution in [1.82, 2.24) is 0 Å². The van der Waals surface area contributed by atoms with Gasteiger partial charge in [-0.2, -0.15) is 0 Å². The molecule has 0 aliphatic heterocycles. The average Bonchev–Trinajstić information content (AvgIpc) is 2.33. The fourth-order valence-electron chi connectivity index (χ4n) is 1.31. The summed E-state index contributed by atoms with van der Waals surface area (Å²) in [5, 5.41) is 9.70. The molecule has 4 heteroatoms. The number of nitrogens with two attached hydrogens (primary N) is 1. The van der Waals surface area contributed by atoms with Crippen LogP contribution in [0.1, 0.15) is 26.3 Å². The van der Waals surface area contributed by atoms with E-state index in [2.05, 4.69) is 0 Å². The summed E-state index contributed by atoms with van der Waals surface area (Å²) in [4.78, 5) is 0. The minimum Gasteiger partial charge on any atom is -0.491 e. The van der Waals surface area contributed by atoms with Gasteiger partial charge >= 0.3 is 0 Å². The zero-order valence-corrected chi connectivity index (χ0v) is 11.3. The van der Waals surface area contributed by atoms with Crippen molar-refractivity contribution in [3.05, 3.63) is 29.8 Å². The molecule has 4 nitrogen and oxygen atoms in total. The second-order valence-electron chi connectivity index (χ2n) is 5.24. The van der Waals surface area contributed by atoms with Crippen LogP contribution in [-0.2, 0) is 11.3 Å². The molecule has 1 rings (SSSR count). The Labute approximate surface area is 109 Å². The molecular formula is C14H23NO3. The van der Waals surface area contributed by atoms with Gasteiger partial charge < -0.3 is 20.3 Å². The lowest BCUT2D eigenvalue weighted by Crippen LogP contribution is -2.29. The molecule has 1 unspecified atom stereocenters. The molecule has 102 valence electrons. The Bertz CT molecular complexity index is 343. The molecule has 0 heterocycles. The SMILES string of the molecule is CC(C)(C)OCC(O)COc1ccc(CN)cc1. The maximum Gasteiger partial charge on any atom is 0.119 e. The van der Waals surface area contributed by atoms with Crippen molar-refractivity contribution in [3.63, 3.8) is 0 Å². The summed E-state index contributed by atoms with van der Waals surface area (Å²) in [5.74, 6) is 0.724. The van der Waals surface area contributed by atoms with Crippen LogP contribution >= 0.6 is 0 Å². The summed E-state index contributed by atoms with van der Waals surface area (Å²) in [5.41, 5.74) is 6.31. The molecule has 0 amide bonds. The first-order valence-corrected chi connectivity index (χ1v) is 6.14. The van der Waals surface area contributed by atoms with E-state index in [0.717, 1.165) is 11.3 Å². The first-order chi connectivity index (χ1) is 8.40. The van der Waals surface area contributed by atoms with E-state index in [9.17, 15) is 5.11 Å². The normalized spacial score (nSPS) is 13.4. The van der Waals surface area contributed by atoms with Crippen LogP contribution in [0.15, 0.2) is 24.3 Å². The Morgan fingerprint density at radius 3 is 2.28 bits per heavy atom. The highest BCUT2D eigenvalue weighted by Gasteiger charge is 2.13. The van der Waals surface area contributed by atoms with Crippen LogP contribution in [0.3, 0.4) is 0 Å². The summed E-state index contributed by atoms with van der Waals surface area (Å²) < 4.78 is 10.9. The van der Waals surface area contributed by atoms with E-state index < -0.39 is 6.10 Å². The largest absolute Gasteiger partial charge is 0.491 e. The highest BCUT2D eigenvalue weighted by atomic mass is 16.5. The van der Waals surface area contributed by atoms with Crippen molar-refractivity contribution in [2.24, 2.45) is 5.73 Å². The van der Waals surface area contributed by atoms with Gasteiger partial charge in [-0.25, -0.2) is 0 Å². The van der Waals surface area contributed by atoms with Gasteiger partial charge in [-0.05, 0) is 38.5 Å².